The van der Waals surface area contributed by atoms with Gasteiger partial charge >= 0.3 is 0 Å². The quantitative estimate of drug-likeness (QED) is 0.866. The molecule has 3 heteroatoms. The molecule has 1 aromatic rings. The predicted molar refractivity (Wildman–Crippen MR) is 78.7 cm³/mol. The fourth-order valence-electron chi connectivity index (χ4n) is 1.73. The molecule has 1 aromatic carbocycles. The van der Waals surface area contributed by atoms with E-state index in [1.807, 2.05) is 26.0 Å². The molecule has 1 rings (SSSR count). The third-order valence-electron chi connectivity index (χ3n) is 3.45. The van der Waals surface area contributed by atoms with Gasteiger partial charge in [-0.25, -0.2) is 0 Å². The summed E-state index contributed by atoms with van der Waals surface area (Å²) in [6.07, 6.45) is 0.878. The van der Waals surface area contributed by atoms with E-state index in [2.05, 4.69) is 20.8 Å². The van der Waals surface area contributed by atoms with Crippen molar-refractivity contribution in [2.75, 3.05) is 6.54 Å². The maximum atomic E-state index is 6.19. The summed E-state index contributed by atoms with van der Waals surface area (Å²) in [6, 6.07) is 4.02. The van der Waals surface area contributed by atoms with Crippen LogP contribution in [0.3, 0.4) is 0 Å². The average Bonchev–Trinajstić information content (AvgIpc) is 2.33. The van der Waals surface area contributed by atoms with Gasteiger partial charge in [0.25, 0.3) is 0 Å². The van der Waals surface area contributed by atoms with Crippen LogP contribution >= 0.6 is 11.6 Å². The van der Waals surface area contributed by atoms with E-state index in [0.717, 1.165) is 28.3 Å². The summed E-state index contributed by atoms with van der Waals surface area (Å²) in [5.41, 5.74) is 7.66. The van der Waals surface area contributed by atoms with Gasteiger partial charge in [-0.05, 0) is 49.4 Å². The molecule has 0 aliphatic carbocycles. The van der Waals surface area contributed by atoms with Crippen molar-refractivity contribution in [3.8, 4) is 5.75 Å². The number of aryl methyl sites for hydroxylation is 1. The van der Waals surface area contributed by atoms with Crippen molar-refractivity contribution in [1.82, 2.24) is 0 Å². The van der Waals surface area contributed by atoms with Crippen molar-refractivity contribution in [2.45, 2.75) is 52.6 Å². The normalized spacial score (nSPS) is 14.7. The molecule has 102 valence electrons. The topological polar surface area (TPSA) is 35.2 Å². The molecule has 2 nitrogen and oxygen atoms in total. The lowest BCUT2D eigenvalue weighted by Crippen LogP contribution is -2.40. The first-order valence-corrected chi connectivity index (χ1v) is 6.90. The van der Waals surface area contributed by atoms with E-state index >= 15 is 0 Å². The van der Waals surface area contributed by atoms with Gasteiger partial charge in [0, 0.05) is 11.6 Å². The van der Waals surface area contributed by atoms with Crippen LogP contribution in [0.15, 0.2) is 12.1 Å². The third kappa shape index (κ3) is 3.39. The number of halogens is 1. The molecule has 2 N–H and O–H groups in total. The van der Waals surface area contributed by atoms with Crippen LogP contribution < -0.4 is 10.5 Å². The van der Waals surface area contributed by atoms with Crippen molar-refractivity contribution in [1.29, 1.82) is 0 Å². The lowest BCUT2D eigenvalue weighted by molar-refractivity contribution is 0.0919. The summed E-state index contributed by atoms with van der Waals surface area (Å²) in [6.45, 7) is 10.9. The van der Waals surface area contributed by atoms with E-state index < -0.39 is 0 Å². The molecule has 0 fully saturated rings. The molecule has 18 heavy (non-hydrogen) atoms. The lowest BCUT2D eigenvalue weighted by atomic mass is 9.99. The predicted octanol–water partition coefficient (Wildman–Crippen LogP) is 4.28. The van der Waals surface area contributed by atoms with Gasteiger partial charge in [0.1, 0.15) is 11.4 Å². The van der Waals surface area contributed by atoms with E-state index in [-0.39, 0.29) is 5.60 Å². The highest BCUT2D eigenvalue weighted by Crippen LogP contribution is 2.34. The zero-order valence-corrected chi connectivity index (χ0v) is 12.8. The highest BCUT2D eigenvalue weighted by atomic mass is 35.5. The Balaban J connectivity index is 3.18. The molecular weight excluding hydrogens is 246 g/mol. The van der Waals surface area contributed by atoms with Crippen LogP contribution in [0.4, 0.5) is 0 Å². The van der Waals surface area contributed by atoms with Crippen LogP contribution in [0, 0.1) is 6.92 Å². The molecule has 0 aromatic heterocycles. The van der Waals surface area contributed by atoms with Crippen LogP contribution in [0.5, 0.6) is 5.75 Å². The molecule has 0 bridgehead atoms. The third-order valence-corrected chi connectivity index (χ3v) is 3.86. The van der Waals surface area contributed by atoms with Gasteiger partial charge in [-0.1, -0.05) is 32.4 Å². The van der Waals surface area contributed by atoms with Gasteiger partial charge in [-0.15, -0.1) is 0 Å². The molecule has 0 aliphatic heterocycles. The average molecular weight is 270 g/mol. The molecule has 0 saturated carbocycles. The molecule has 0 saturated heterocycles. The summed E-state index contributed by atoms with van der Waals surface area (Å²) in [4.78, 5) is 0. The fraction of sp³-hybridized carbons (Fsp3) is 0.600. The molecule has 0 heterocycles. The van der Waals surface area contributed by atoms with Crippen LogP contribution in [-0.2, 0) is 0 Å². The Morgan fingerprint density at radius 1 is 1.39 bits per heavy atom. The molecule has 0 aliphatic rings. The van der Waals surface area contributed by atoms with Crippen molar-refractivity contribution in [3.63, 3.8) is 0 Å². The highest BCUT2D eigenvalue weighted by molar-refractivity contribution is 6.31. The molecule has 0 spiro atoms. The Bertz CT molecular complexity index is 411. The second kappa shape index (κ2) is 5.94. The minimum atomic E-state index is -0.316. The first-order valence-electron chi connectivity index (χ1n) is 6.52. The summed E-state index contributed by atoms with van der Waals surface area (Å²) in [5, 5.41) is 0.789. The maximum Gasteiger partial charge on any atom is 0.124 e. The van der Waals surface area contributed by atoms with Gasteiger partial charge in [0.15, 0.2) is 0 Å². The van der Waals surface area contributed by atoms with Crippen LogP contribution in [0.25, 0.3) is 0 Å². The van der Waals surface area contributed by atoms with Gasteiger partial charge < -0.3 is 10.5 Å². The first-order chi connectivity index (χ1) is 8.33. The molecule has 1 atom stereocenters. The summed E-state index contributed by atoms with van der Waals surface area (Å²) in [5.74, 6) is 1.28. The maximum absolute atomic E-state index is 6.19. The Hall–Kier alpha value is -0.730. The van der Waals surface area contributed by atoms with Crippen molar-refractivity contribution in [3.05, 3.63) is 28.3 Å². The SMILES string of the molecule is CCC(C)(CN)Oc1cc(C)c(Cl)cc1C(C)C. The number of nitrogens with two attached hydrogens (primary N) is 1. The molecule has 0 radical (unpaired) electrons. The summed E-state index contributed by atoms with van der Waals surface area (Å²) in [7, 11) is 0. The van der Waals surface area contributed by atoms with E-state index in [1.54, 1.807) is 0 Å². The second-order valence-corrected chi connectivity index (χ2v) is 5.81. The second-order valence-electron chi connectivity index (χ2n) is 5.40. The molecular formula is C15H24ClNO. The highest BCUT2D eigenvalue weighted by Gasteiger charge is 2.24. The smallest absolute Gasteiger partial charge is 0.124 e. The number of benzene rings is 1. The fourth-order valence-corrected chi connectivity index (χ4v) is 1.91. The minimum absolute atomic E-state index is 0.316. The lowest BCUT2D eigenvalue weighted by Gasteiger charge is -2.30. The van der Waals surface area contributed by atoms with Crippen molar-refractivity contribution in [2.24, 2.45) is 5.73 Å². The summed E-state index contributed by atoms with van der Waals surface area (Å²) < 4.78 is 6.14. The van der Waals surface area contributed by atoms with Gasteiger partial charge in [-0.2, -0.15) is 0 Å². The standard InChI is InChI=1S/C15H24ClNO/c1-6-15(5,9-17)18-14-7-11(4)13(16)8-12(14)10(2)3/h7-8,10H,6,9,17H2,1-5H3. The molecule has 1 unspecified atom stereocenters. The monoisotopic (exact) mass is 269 g/mol. The number of hydrogen-bond donors (Lipinski definition) is 1. The minimum Gasteiger partial charge on any atom is -0.486 e. The Morgan fingerprint density at radius 3 is 2.44 bits per heavy atom. The van der Waals surface area contributed by atoms with Crippen LogP contribution in [0.2, 0.25) is 5.02 Å². The number of hydrogen-bond acceptors (Lipinski definition) is 2. The Morgan fingerprint density at radius 2 is 2.00 bits per heavy atom. The first kappa shape index (κ1) is 15.3. The van der Waals surface area contributed by atoms with E-state index in [9.17, 15) is 0 Å². The van der Waals surface area contributed by atoms with E-state index in [4.69, 9.17) is 22.1 Å². The largest absolute Gasteiger partial charge is 0.486 e. The molecule has 0 amide bonds. The zero-order chi connectivity index (χ0) is 13.9. The van der Waals surface area contributed by atoms with Gasteiger partial charge in [0.2, 0.25) is 0 Å². The Kier molecular flexibility index (Phi) is 5.06. The van der Waals surface area contributed by atoms with Gasteiger partial charge in [-0.3, -0.25) is 0 Å². The summed E-state index contributed by atoms with van der Waals surface area (Å²) >= 11 is 6.19. The van der Waals surface area contributed by atoms with Crippen LogP contribution in [-0.4, -0.2) is 12.1 Å². The van der Waals surface area contributed by atoms with Crippen molar-refractivity contribution >= 4 is 11.6 Å². The van der Waals surface area contributed by atoms with E-state index in [0.29, 0.717) is 12.5 Å². The van der Waals surface area contributed by atoms with Crippen molar-refractivity contribution < 1.29 is 4.74 Å². The number of ether oxygens (including phenoxy) is 1. The zero-order valence-electron chi connectivity index (χ0n) is 12.0. The van der Waals surface area contributed by atoms with Gasteiger partial charge in [0.05, 0.1) is 0 Å². The number of rotatable bonds is 5. The Labute approximate surface area is 115 Å². The van der Waals surface area contributed by atoms with Crippen LogP contribution in [0.1, 0.15) is 51.2 Å². The van der Waals surface area contributed by atoms with E-state index in [1.165, 1.54) is 0 Å².